The molecule has 2 heterocycles. The van der Waals surface area contributed by atoms with Crippen molar-refractivity contribution in [1.29, 1.82) is 0 Å². The van der Waals surface area contributed by atoms with Gasteiger partial charge in [-0.2, -0.15) is 0 Å². The molecular formula is C16H24N2O. The molecule has 1 saturated heterocycles. The number of nitrogens with zero attached hydrogens (tertiary/aromatic N) is 1. The molecule has 19 heavy (non-hydrogen) atoms. The van der Waals surface area contributed by atoms with E-state index in [0.717, 1.165) is 18.9 Å². The first kappa shape index (κ1) is 12.8. The summed E-state index contributed by atoms with van der Waals surface area (Å²) in [6, 6.07) is 6.48. The van der Waals surface area contributed by atoms with E-state index in [1.807, 2.05) is 0 Å². The minimum Gasteiger partial charge on any atom is -0.493 e. The number of rotatable bonds is 3. The molecule has 3 heteroatoms. The Labute approximate surface area is 115 Å². The van der Waals surface area contributed by atoms with Crippen LogP contribution in [0.25, 0.3) is 0 Å². The molecule has 0 bridgehead atoms. The average molecular weight is 260 g/mol. The fourth-order valence-corrected chi connectivity index (χ4v) is 3.16. The van der Waals surface area contributed by atoms with Gasteiger partial charge in [0.05, 0.1) is 6.61 Å². The van der Waals surface area contributed by atoms with Gasteiger partial charge in [0.2, 0.25) is 0 Å². The van der Waals surface area contributed by atoms with Crippen LogP contribution in [0, 0.1) is 5.92 Å². The first-order chi connectivity index (χ1) is 9.31. The Balaban J connectivity index is 1.57. The number of ether oxygens (including phenoxy) is 1. The molecule has 2 aliphatic heterocycles. The second-order valence-electron chi connectivity index (χ2n) is 5.93. The molecule has 1 aromatic rings. The van der Waals surface area contributed by atoms with Crippen LogP contribution in [0.5, 0.6) is 5.75 Å². The van der Waals surface area contributed by atoms with Gasteiger partial charge in [-0.3, -0.25) is 0 Å². The van der Waals surface area contributed by atoms with Crippen LogP contribution >= 0.6 is 0 Å². The molecular weight excluding hydrogens is 236 g/mol. The maximum atomic E-state index is 6.01. The highest BCUT2D eigenvalue weighted by molar-refractivity contribution is 5.55. The fraction of sp³-hybridized carbons (Fsp3) is 0.625. The number of aryl methyl sites for hydroxylation is 1. The molecule has 1 aromatic carbocycles. The van der Waals surface area contributed by atoms with E-state index >= 15 is 0 Å². The number of piperidine rings is 1. The van der Waals surface area contributed by atoms with Crippen LogP contribution in [0.4, 0.5) is 5.69 Å². The van der Waals surface area contributed by atoms with Crippen molar-refractivity contribution in [2.75, 3.05) is 38.6 Å². The zero-order valence-electron chi connectivity index (χ0n) is 11.8. The molecule has 0 radical (unpaired) electrons. The third kappa shape index (κ3) is 3.21. The Bertz CT molecular complexity index is 433. The minimum absolute atomic E-state index is 0.688. The summed E-state index contributed by atoms with van der Waals surface area (Å²) >= 11 is 0. The molecule has 0 saturated carbocycles. The van der Waals surface area contributed by atoms with Gasteiger partial charge in [-0.15, -0.1) is 0 Å². The minimum atomic E-state index is 0.688. The normalized spacial score (nSPS) is 23.5. The second-order valence-corrected chi connectivity index (χ2v) is 5.93. The van der Waals surface area contributed by atoms with Crippen LogP contribution in [0.15, 0.2) is 18.2 Å². The highest BCUT2D eigenvalue weighted by atomic mass is 16.5. The Morgan fingerprint density at radius 1 is 1.37 bits per heavy atom. The van der Waals surface area contributed by atoms with Gasteiger partial charge >= 0.3 is 0 Å². The summed E-state index contributed by atoms with van der Waals surface area (Å²) in [6.45, 7) is 4.37. The van der Waals surface area contributed by atoms with E-state index in [1.54, 1.807) is 0 Å². The molecule has 0 aromatic heterocycles. The van der Waals surface area contributed by atoms with Gasteiger partial charge in [0, 0.05) is 24.7 Å². The Morgan fingerprint density at radius 2 is 2.32 bits per heavy atom. The van der Waals surface area contributed by atoms with Crippen molar-refractivity contribution in [3.8, 4) is 5.75 Å². The standard InChI is InChI=1S/C16H24N2O/c1-18-9-3-4-13(11-18)12-19-15-6-7-16-14(10-15)5-2-8-17-16/h6-7,10,13,17H,2-5,8-9,11-12H2,1H3. The van der Waals surface area contributed by atoms with Crippen molar-refractivity contribution in [2.45, 2.75) is 25.7 Å². The highest BCUT2D eigenvalue weighted by Gasteiger charge is 2.18. The number of hydrogen-bond acceptors (Lipinski definition) is 3. The summed E-state index contributed by atoms with van der Waals surface area (Å²) in [6.07, 6.45) is 5.01. The SMILES string of the molecule is CN1CCCC(COc2ccc3c(c2)CCCN3)C1. The molecule has 0 amide bonds. The van der Waals surface area contributed by atoms with Gasteiger partial charge in [0.15, 0.2) is 0 Å². The number of hydrogen-bond donors (Lipinski definition) is 1. The van der Waals surface area contributed by atoms with E-state index in [1.165, 1.54) is 50.0 Å². The predicted molar refractivity (Wildman–Crippen MR) is 79.0 cm³/mol. The van der Waals surface area contributed by atoms with Crippen LogP contribution in [-0.2, 0) is 6.42 Å². The van der Waals surface area contributed by atoms with Crippen molar-refractivity contribution < 1.29 is 4.74 Å². The van der Waals surface area contributed by atoms with Gasteiger partial charge in [0.25, 0.3) is 0 Å². The molecule has 3 nitrogen and oxygen atoms in total. The van der Waals surface area contributed by atoms with Crippen molar-refractivity contribution in [1.82, 2.24) is 4.90 Å². The lowest BCUT2D eigenvalue weighted by Crippen LogP contribution is -2.34. The van der Waals surface area contributed by atoms with E-state index in [9.17, 15) is 0 Å². The number of likely N-dealkylation sites (tertiary alicyclic amines) is 1. The van der Waals surface area contributed by atoms with E-state index in [0.29, 0.717) is 5.92 Å². The fourth-order valence-electron chi connectivity index (χ4n) is 3.16. The number of fused-ring (bicyclic) bond motifs is 1. The zero-order chi connectivity index (χ0) is 13.1. The summed E-state index contributed by atoms with van der Waals surface area (Å²) in [5.41, 5.74) is 2.69. The van der Waals surface area contributed by atoms with E-state index < -0.39 is 0 Å². The third-order valence-corrected chi connectivity index (χ3v) is 4.22. The Hall–Kier alpha value is -1.22. The van der Waals surface area contributed by atoms with E-state index in [-0.39, 0.29) is 0 Å². The summed E-state index contributed by atoms with van der Waals surface area (Å²) in [5, 5.41) is 3.44. The van der Waals surface area contributed by atoms with Gasteiger partial charge in [0.1, 0.15) is 5.75 Å². The summed E-state index contributed by atoms with van der Waals surface area (Å²) in [4.78, 5) is 2.41. The second kappa shape index (κ2) is 5.83. The molecule has 0 spiro atoms. The number of anilines is 1. The van der Waals surface area contributed by atoms with Gasteiger partial charge < -0.3 is 15.0 Å². The number of nitrogens with one attached hydrogen (secondary N) is 1. The highest BCUT2D eigenvalue weighted by Crippen LogP contribution is 2.27. The lowest BCUT2D eigenvalue weighted by Gasteiger charge is -2.29. The van der Waals surface area contributed by atoms with Crippen molar-refractivity contribution in [3.63, 3.8) is 0 Å². The molecule has 1 atom stereocenters. The molecule has 104 valence electrons. The quantitative estimate of drug-likeness (QED) is 0.904. The van der Waals surface area contributed by atoms with Gasteiger partial charge in [-0.05, 0) is 63.0 Å². The topological polar surface area (TPSA) is 24.5 Å². The van der Waals surface area contributed by atoms with E-state index in [4.69, 9.17) is 4.74 Å². The average Bonchev–Trinajstić information content (AvgIpc) is 2.45. The molecule has 1 unspecified atom stereocenters. The molecule has 1 fully saturated rings. The van der Waals surface area contributed by atoms with Crippen LogP contribution in [0.2, 0.25) is 0 Å². The predicted octanol–water partition coefficient (Wildman–Crippen LogP) is 2.77. The maximum Gasteiger partial charge on any atom is 0.119 e. The third-order valence-electron chi connectivity index (χ3n) is 4.22. The van der Waals surface area contributed by atoms with Crippen molar-refractivity contribution in [2.24, 2.45) is 5.92 Å². The zero-order valence-corrected chi connectivity index (χ0v) is 11.8. The van der Waals surface area contributed by atoms with Crippen LogP contribution in [0.1, 0.15) is 24.8 Å². The molecule has 0 aliphatic carbocycles. The van der Waals surface area contributed by atoms with Gasteiger partial charge in [-0.25, -0.2) is 0 Å². The monoisotopic (exact) mass is 260 g/mol. The first-order valence-electron chi connectivity index (χ1n) is 7.49. The first-order valence-corrected chi connectivity index (χ1v) is 7.49. The Kier molecular flexibility index (Phi) is 3.92. The summed E-state index contributed by atoms with van der Waals surface area (Å²) < 4.78 is 6.01. The van der Waals surface area contributed by atoms with E-state index in [2.05, 4.69) is 35.5 Å². The maximum absolute atomic E-state index is 6.01. The van der Waals surface area contributed by atoms with Crippen LogP contribution in [0.3, 0.4) is 0 Å². The Morgan fingerprint density at radius 3 is 3.21 bits per heavy atom. The number of benzene rings is 1. The van der Waals surface area contributed by atoms with Gasteiger partial charge in [-0.1, -0.05) is 0 Å². The van der Waals surface area contributed by atoms with Crippen molar-refractivity contribution >= 4 is 5.69 Å². The summed E-state index contributed by atoms with van der Waals surface area (Å²) in [5.74, 6) is 1.73. The lowest BCUT2D eigenvalue weighted by molar-refractivity contribution is 0.150. The van der Waals surface area contributed by atoms with Crippen LogP contribution < -0.4 is 10.1 Å². The van der Waals surface area contributed by atoms with Crippen LogP contribution in [-0.4, -0.2) is 38.2 Å². The molecule has 1 N–H and O–H groups in total. The van der Waals surface area contributed by atoms with Crippen molar-refractivity contribution in [3.05, 3.63) is 23.8 Å². The molecule has 2 aliphatic rings. The smallest absolute Gasteiger partial charge is 0.119 e. The summed E-state index contributed by atoms with van der Waals surface area (Å²) in [7, 11) is 2.21. The molecule has 3 rings (SSSR count). The largest absolute Gasteiger partial charge is 0.493 e. The lowest BCUT2D eigenvalue weighted by atomic mass is 9.99.